The van der Waals surface area contributed by atoms with E-state index in [-0.39, 0.29) is 28.8 Å². The summed E-state index contributed by atoms with van der Waals surface area (Å²) in [5.74, 6) is 1.44. The number of ketones is 1. The Labute approximate surface area is 132 Å². The molecule has 7 atom stereocenters. The molecule has 3 nitrogen and oxygen atoms in total. The van der Waals surface area contributed by atoms with Crippen LogP contribution < -0.4 is 0 Å². The molecule has 4 aliphatic carbocycles. The fourth-order valence-electron chi connectivity index (χ4n) is 6.50. The lowest BCUT2D eigenvalue weighted by atomic mass is 9.46. The van der Waals surface area contributed by atoms with E-state index in [1.807, 2.05) is 6.08 Å². The smallest absolute Gasteiger partial charge is 0.155 e. The van der Waals surface area contributed by atoms with Crippen LogP contribution in [0.25, 0.3) is 0 Å². The normalized spacial score (nSPS) is 54.3. The number of rotatable bonds is 0. The zero-order chi connectivity index (χ0) is 15.7. The third-order valence-electron chi connectivity index (χ3n) is 7.93. The van der Waals surface area contributed by atoms with Crippen molar-refractivity contribution >= 4 is 5.78 Å². The van der Waals surface area contributed by atoms with Crippen molar-refractivity contribution in [1.29, 1.82) is 0 Å². The molecule has 0 bridgehead atoms. The Hall–Kier alpha value is -0.670. The van der Waals surface area contributed by atoms with Crippen LogP contribution in [0.4, 0.5) is 0 Å². The summed E-state index contributed by atoms with van der Waals surface area (Å²) in [5.41, 5.74) is 1.27. The van der Waals surface area contributed by atoms with E-state index in [1.165, 1.54) is 5.57 Å². The maximum Gasteiger partial charge on any atom is 0.155 e. The highest BCUT2D eigenvalue weighted by Gasteiger charge is 2.61. The van der Waals surface area contributed by atoms with Crippen molar-refractivity contribution in [3.05, 3.63) is 11.6 Å². The van der Waals surface area contributed by atoms with Crippen LogP contribution in [-0.2, 0) is 4.79 Å². The minimum atomic E-state index is -0.342. The van der Waals surface area contributed by atoms with E-state index in [0.29, 0.717) is 30.6 Å². The molecule has 3 heteroatoms. The molecule has 4 aliphatic rings. The summed E-state index contributed by atoms with van der Waals surface area (Å²) in [5, 5.41) is 21.3. The van der Waals surface area contributed by atoms with Gasteiger partial charge in [-0.3, -0.25) is 4.79 Å². The zero-order valence-electron chi connectivity index (χ0n) is 13.7. The maximum absolute atomic E-state index is 11.8. The summed E-state index contributed by atoms with van der Waals surface area (Å²) >= 11 is 0. The fourth-order valence-corrected chi connectivity index (χ4v) is 6.50. The Morgan fingerprint density at radius 1 is 1.09 bits per heavy atom. The fraction of sp³-hybridized carbons (Fsp3) is 0.842. The highest BCUT2D eigenvalue weighted by atomic mass is 16.3. The monoisotopic (exact) mass is 304 g/mol. The molecule has 0 aromatic rings. The molecule has 0 aliphatic heterocycles. The third kappa shape index (κ3) is 1.78. The van der Waals surface area contributed by atoms with Gasteiger partial charge in [0, 0.05) is 6.42 Å². The first-order chi connectivity index (χ1) is 10.4. The SMILES string of the molecule is C[C@]12CC[C@H]3[C@@H]([C@H](O)CC4=CC(=O)CC[C@@]43C)[C@@H]1CC[C@@H]2O. The van der Waals surface area contributed by atoms with Crippen LogP contribution >= 0.6 is 0 Å². The van der Waals surface area contributed by atoms with E-state index in [0.717, 1.165) is 32.1 Å². The molecule has 0 amide bonds. The number of carbonyl (C=O) groups is 1. The van der Waals surface area contributed by atoms with Crippen LogP contribution in [0, 0.1) is 28.6 Å². The molecule has 0 aromatic heterocycles. The molecule has 0 aromatic carbocycles. The lowest BCUT2D eigenvalue weighted by molar-refractivity contribution is -0.127. The number of fused-ring (bicyclic) bond motifs is 5. The topological polar surface area (TPSA) is 57.5 Å². The Morgan fingerprint density at radius 2 is 1.86 bits per heavy atom. The van der Waals surface area contributed by atoms with Gasteiger partial charge in [-0.2, -0.15) is 0 Å². The number of hydrogen-bond acceptors (Lipinski definition) is 3. The van der Waals surface area contributed by atoms with Gasteiger partial charge in [-0.05, 0) is 73.2 Å². The summed E-state index contributed by atoms with van der Waals surface area (Å²) < 4.78 is 0. The van der Waals surface area contributed by atoms with Gasteiger partial charge < -0.3 is 10.2 Å². The van der Waals surface area contributed by atoms with E-state index >= 15 is 0 Å². The first kappa shape index (κ1) is 14.9. The Balaban J connectivity index is 1.74. The van der Waals surface area contributed by atoms with Gasteiger partial charge in [-0.25, -0.2) is 0 Å². The summed E-state index contributed by atoms with van der Waals surface area (Å²) in [4.78, 5) is 11.8. The number of aliphatic hydroxyl groups excluding tert-OH is 2. The van der Waals surface area contributed by atoms with E-state index < -0.39 is 0 Å². The van der Waals surface area contributed by atoms with Gasteiger partial charge >= 0.3 is 0 Å². The summed E-state index contributed by atoms with van der Waals surface area (Å²) in [6.45, 7) is 4.55. The molecule has 0 saturated heterocycles. The van der Waals surface area contributed by atoms with Crippen molar-refractivity contribution in [2.24, 2.45) is 28.6 Å². The van der Waals surface area contributed by atoms with Gasteiger partial charge in [0.25, 0.3) is 0 Å². The van der Waals surface area contributed by atoms with E-state index in [4.69, 9.17) is 0 Å². The number of aliphatic hydroxyl groups is 2. The van der Waals surface area contributed by atoms with Gasteiger partial charge in [0.15, 0.2) is 5.78 Å². The Kier molecular flexibility index (Phi) is 3.16. The quantitative estimate of drug-likeness (QED) is 0.723. The first-order valence-corrected chi connectivity index (χ1v) is 8.96. The second-order valence-corrected chi connectivity index (χ2v) is 8.75. The molecule has 2 N–H and O–H groups in total. The van der Waals surface area contributed by atoms with Crippen molar-refractivity contribution < 1.29 is 15.0 Å². The predicted octanol–water partition coefficient (Wildman–Crippen LogP) is 2.85. The molecule has 3 fully saturated rings. The van der Waals surface area contributed by atoms with Gasteiger partial charge in [-0.1, -0.05) is 19.4 Å². The lowest BCUT2D eigenvalue weighted by Crippen LogP contribution is -2.55. The largest absolute Gasteiger partial charge is 0.393 e. The minimum Gasteiger partial charge on any atom is -0.393 e. The molecular weight excluding hydrogens is 276 g/mol. The third-order valence-corrected chi connectivity index (χ3v) is 7.93. The van der Waals surface area contributed by atoms with Crippen molar-refractivity contribution in [1.82, 2.24) is 0 Å². The standard InChI is InChI=1S/C19H28O3/c1-18-7-5-12(20)9-11(18)10-15(21)17-13-3-4-16(22)19(13,2)8-6-14(17)18/h9,13-17,21-22H,3-8,10H2,1-2H3/t13-,14-,15+,16-,17-,18-,19-/m0/s1. The zero-order valence-corrected chi connectivity index (χ0v) is 13.7. The molecule has 3 saturated carbocycles. The summed E-state index contributed by atoms with van der Waals surface area (Å²) in [6.07, 6.45) is 7.61. The van der Waals surface area contributed by atoms with Gasteiger partial charge in [-0.15, -0.1) is 0 Å². The molecular formula is C19H28O3. The first-order valence-electron chi connectivity index (χ1n) is 8.96. The molecule has 0 heterocycles. The van der Waals surface area contributed by atoms with Crippen LogP contribution in [0.15, 0.2) is 11.6 Å². The van der Waals surface area contributed by atoms with Crippen molar-refractivity contribution in [3.63, 3.8) is 0 Å². The van der Waals surface area contributed by atoms with Gasteiger partial charge in [0.1, 0.15) is 0 Å². The van der Waals surface area contributed by atoms with Crippen LogP contribution in [0.1, 0.15) is 58.8 Å². The van der Waals surface area contributed by atoms with Crippen LogP contribution in [0.5, 0.6) is 0 Å². The average molecular weight is 304 g/mol. The van der Waals surface area contributed by atoms with E-state index in [9.17, 15) is 15.0 Å². The van der Waals surface area contributed by atoms with E-state index in [1.54, 1.807) is 0 Å². The highest BCUT2D eigenvalue weighted by Crippen LogP contribution is 2.65. The maximum atomic E-state index is 11.8. The molecule has 22 heavy (non-hydrogen) atoms. The number of hydrogen-bond donors (Lipinski definition) is 2. The molecule has 0 radical (unpaired) electrons. The van der Waals surface area contributed by atoms with Crippen LogP contribution in [0.2, 0.25) is 0 Å². The molecule has 122 valence electrons. The van der Waals surface area contributed by atoms with Gasteiger partial charge in [0.2, 0.25) is 0 Å². The predicted molar refractivity (Wildman–Crippen MR) is 84.1 cm³/mol. The minimum absolute atomic E-state index is 0.00971. The van der Waals surface area contributed by atoms with Crippen molar-refractivity contribution in [2.45, 2.75) is 71.0 Å². The molecule has 0 unspecified atom stereocenters. The second kappa shape index (κ2) is 4.67. The molecule has 4 rings (SSSR count). The van der Waals surface area contributed by atoms with E-state index in [2.05, 4.69) is 13.8 Å². The Bertz CT molecular complexity index is 539. The highest BCUT2D eigenvalue weighted by molar-refractivity contribution is 5.91. The molecule has 0 spiro atoms. The second-order valence-electron chi connectivity index (χ2n) is 8.75. The van der Waals surface area contributed by atoms with Crippen molar-refractivity contribution in [3.8, 4) is 0 Å². The van der Waals surface area contributed by atoms with Gasteiger partial charge in [0.05, 0.1) is 12.2 Å². The summed E-state index contributed by atoms with van der Waals surface area (Å²) in [7, 11) is 0. The van der Waals surface area contributed by atoms with Crippen LogP contribution in [0.3, 0.4) is 0 Å². The number of carbonyl (C=O) groups excluding carboxylic acids is 1. The Morgan fingerprint density at radius 3 is 2.64 bits per heavy atom. The van der Waals surface area contributed by atoms with Crippen LogP contribution in [-0.4, -0.2) is 28.2 Å². The lowest BCUT2D eigenvalue weighted by Gasteiger charge is -2.59. The van der Waals surface area contributed by atoms with Crippen molar-refractivity contribution in [2.75, 3.05) is 0 Å². The average Bonchev–Trinajstić information content (AvgIpc) is 2.77. The summed E-state index contributed by atoms with van der Waals surface area (Å²) in [6, 6.07) is 0.